The molecule has 1 aliphatic rings. The third-order valence-electron chi connectivity index (χ3n) is 4.05. The smallest absolute Gasteiger partial charge is 0.257 e. The van der Waals surface area contributed by atoms with E-state index < -0.39 is 10.0 Å². The van der Waals surface area contributed by atoms with Crippen molar-refractivity contribution in [3.05, 3.63) is 76.8 Å². The average Bonchev–Trinajstić information content (AvgIpc) is 3.02. The fourth-order valence-corrected chi connectivity index (χ4v) is 3.59. The van der Waals surface area contributed by atoms with Gasteiger partial charge in [0.15, 0.2) is 0 Å². The van der Waals surface area contributed by atoms with Crippen LogP contribution in [0.1, 0.15) is 17.2 Å². The van der Waals surface area contributed by atoms with E-state index in [1.807, 2.05) is 54.6 Å². The summed E-state index contributed by atoms with van der Waals surface area (Å²) in [5.41, 5.74) is 2.65. The second kappa shape index (κ2) is 6.71. The van der Waals surface area contributed by atoms with E-state index in [-0.39, 0.29) is 12.0 Å². The van der Waals surface area contributed by atoms with Gasteiger partial charge in [-0.1, -0.05) is 60.1 Å². The van der Waals surface area contributed by atoms with E-state index in [1.54, 1.807) is 10.7 Å². The number of halogens is 1. The Hall–Kier alpha value is -2.84. The molecular weight excluding hydrogens is 386 g/mol. The molecule has 0 saturated carbocycles. The Balaban J connectivity index is 1.84. The molecular formula is C18H16ClN5O2S. The maximum Gasteiger partial charge on any atom is 0.257 e. The Morgan fingerprint density at radius 2 is 1.81 bits per heavy atom. The zero-order valence-corrected chi connectivity index (χ0v) is 15.9. The quantitative estimate of drug-likeness (QED) is 0.699. The number of nitrogens with one attached hydrogen (secondary N) is 2. The van der Waals surface area contributed by atoms with Crippen LogP contribution >= 0.6 is 11.6 Å². The van der Waals surface area contributed by atoms with Crippen LogP contribution in [-0.2, 0) is 10.0 Å². The maximum absolute atomic E-state index is 11.6. The minimum atomic E-state index is -3.49. The monoisotopic (exact) mass is 401 g/mol. The molecule has 1 atom stereocenters. The first-order valence-electron chi connectivity index (χ1n) is 8.14. The summed E-state index contributed by atoms with van der Waals surface area (Å²) in [7, 11) is -3.49. The Bertz CT molecular complexity index is 1130. The topological polar surface area (TPSA) is 88.9 Å². The minimum Gasteiger partial charge on any atom is -0.324 e. The number of allylic oxidation sites excluding steroid dienone is 1. The molecule has 0 aliphatic carbocycles. The number of benzene rings is 2. The molecule has 138 valence electrons. The predicted molar refractivity (Wildman–Crippen MR) is 106 cm³/mol. The Morgan fingerprint density at radius 3 is 2.52 bits per heavy atom. The summed E-state index contributed by atoms with van der Waals surface area (Å²) in [5.74, 6) is 0.423. The van der Waals surface area contributed by atoms with Gasteiger partial charge in [0.05, 0.1) is 6.26 Å². The van der Waals surface area contributed by atoms with Gasteiger partial charge in [0.1, 0.15) is 6.04 Å². The van der Waals surface area contributed by atoms with E-state index in [4.69, 9.17) is 11.6 Å². The van der Waals surface area contributed by atoms with Crippen LogP contribution in [0.3, 0.4) is 0 Å². The van der Waals surface area contributed by atoms with E-state index in [2.05, 4.69) is 20.1 Å². The minimum absolute atomic E-state index is 0.000217. The first-order valence-corrected chi connectivity index (χ1v) is 10.4. The van der Waals surface area contributed by atoms with Gasteiger partial charge in [-0.15, -0.1) is 5.10 Å². The molecule has 0 radical (unpaired) electrons. The molecule has 2 heterocycles. The van der Waals surface area contributed by atoms with Gasteiger partial charge < -0.3 is 5.32 Å². The number of sulfonamides is 1. The standard InChI is InChI=1S/C18H16ClN5O2S/c1-27(25,26)23-17-21-18-20-15(12-7-3-2-4-8-12)11-16(24(18)22-17)13-9-5-6-10-14(13)19/h2-11,16H,1H3,(H2,20,21,22,23)/t16-/m1/s1. The number of aromatic nitrogens is 3. The molecule has 27 heavy (non-hydrogen) atoms. The van der Waals surface area contributed by atoms with Crippen molar-refractivity contribution in [1.29, 1.82) is 0 Å². The second-order valence-corrected chi connectivity index (χ2v) is 8.27. The van der Waals surface area contributed by atoms with Crippen LogP contribution in [0, 0.1) is 0 Å². The van der Waals surface area contributed by atoms with Crippen LogP contribution in [0.25, 0.3) is 5.70 Å². The first-order chi connectivity index (χ1) is 12.9. The molecule has 9 heteroatoms. The molecule has 2 N–H and O–H groups in total. The van der Waals surface area contributed by atoms with Crippen LogP contribution < -0.4 is 10.0 Å². The Labute approximate surface area is 161 Å². The molecule has 1 aromatic heterocycles. The highest BCUT2D eigenvalue weighted by atomic mass is 35.5. The number of hydrogen-bond acceptors (Lipinski definition) is 5. The van der Waals surface area contributed by atoms with Crippen molar-refractivity contribution in [3.63, 3.8) is 0 Å². The fraction of sp³-hybridized carbons (Fsp3) is 0.111. The molecule has 7 nitrogen and oxygen atoms in total. The highest BCUT2D eigenvalue weighted by Crippen LogP contribution is 2.35. The van der Waals surface area contributed by atoms with Gasteiger partial charge in [0.25, 0.3) is 5.95 Å². The first kappa shape index (κ1) is 17.6. The molecule has 0 amide bonds. The second-order valence-electron chi connectivity index (χ2n) is 6.12. The molecule has 0 saturated heterocycles. The number of rotatable bonds is 4. The third kappa shape index (κ3) is 3.67. The molecule has 4 rings (SSSR count). The van der Waals surface area contributed by atoms with Gasteiger partial charge >= 0.3 is 0 Å². The lowest BCUT2D eigenvalue weighted by molar-refractivity contribution is 0.603. The van der Waals surface area contributed by atoms with Gasteiger partial charge in [-0.05, 0) is 23.3 Å². The average molecular weight is 402 g/mol. The zero-order chi connectivity index (χ0) is 19.0. The Kier molecular flexibility index (Phi) is 4.37. The Morgan fingerprint density at radius 1 is 1.11 bits per heavy atom. The molecule has 1 aliphatic heterocycles. The molecule has 0 fully saturated rings. The molecule has 2 aromatic carbocycles. The molecule has 0 spiro atoms. The van der Waals surface area contributed by atoms with Gasteiger partial charge in [0, 0.05) is 10.7 Å². The lowest BCUT2D eigenvalue weighted by Gasteiger charge is -2.24. The SMILES string of the molecule is CS(=O)(=O)Nc1nc2n(n1)[C@@H](c1ccccc1Cl)C=C(c1ccccc1)N2. The number of anilines is 2. The molecule has 3 aromatic rings. The van der Waals surface area contributed by atoms with E-state index >= 15 is 0 Å². The molecule has 0 unspecified atom stereocenters. The third-order valence-corrected chi connectivity index (χ3v) is 4.95. The summed E-state index contributed by atoms with van der Waals surface area (Å²) in [5, 5.41) is 8.11. The van der Waals surface area contributed by atoms with Crippen LogP contribution in [0.5, 0.6) is 0 Å². The van der Waals surface area contributed by atoms with Crippen molar-refractivity contribution in [2.24, 2.45) is 0 Å². The largest absolute Gasteiger partial charge is 0.324 e. The number of hydrogen-bond donors (Lipinski definition) is 2. The number of nitrogens with zero attached hydrogens (tertiary/aromatic N) is 3. The van der Waals surface area contributed by atoms with E-state index in [9.17, 15) is 8.42 Å². The number of fused-ring (bicyclic) bond motifs is 1. The van der Waals surface area contributed by atoms with Crippen molar-refractivity contribution >= 4 is 39.2 Å². The fourth-order valence-electron chi connectivity index (χ4n) is 2.92. The van der Waals surface area contributed by atoms with Gasteiger partial charge in [0.2, 0.25) is 16.0 Å². The highest BCUT2D eigenvalue weighted by Gasteiger charge is 2.27. The zero-order valence-electron chi connectivity index (χ0n) is 14.3. The van der Waals surface area contributed by atoms with E-state index in [0.29, 0.717) is 11.0 Å². The van der Waals surface area contributed by atoms with Crippen LogP contribution in [-0.4, -0.2) is 29.4 Å². The maximum atomic E-state index is 11.6. The van der Waals surface area contributed by atoms with E-state index in [0.717, 1.165) is 23.1 Å². The van der Waals surface area contributed by atoms with Crippen LogP contribution in [0.2, 0.25) is 5.02 Å². The normalized spacial score (nSPS) is 16.2. The lowest BCUT2D eigenvalue weighted by atomic mass is 10.0. The summed E-state index contributed by atoms with van der Waals surface area (Å²) in [6.07, 6.45) is 3.04. The highest BCUT2D eigenvalue weighted by molar-refractivity contribution is 7.91. The van der Waals surface area contributed by atoms with Gasteiger partial charge in [-0.3, -0.25) is 4.72 Å². The molecule has 0 bridgehead atoms. The van der Waals surface area contributed by atoms with Crippen molar-refractivity contribution in [2.75, 3.05) is 16.3 Å². The van der Waals surface area contributed by atoms with Crippen molar-refractivity contribution < 1.29 is 8.42 Å². The summed E-state index contributed by atoms with van der Waals surface area (Å²) >= 11 is 6.41. The lowest BCUT2D eigenvalue weighted by Crippen LogP contribution is -2.20. The van der Waals surface area contributed by atoms with Gasteiger partial charge in [-0.2, -0.15) is 4.98 Å². The summed E-state index contributed by atoms with van der Waals surface area (Å²) in [4.78, 5) is 4.28. The van der Waals surface area contributed by atoms with Crippen LogP contribution in [0.4, 0.5) is 11.9 Å². The van der Waals surface area contributed by atoms with Crippen molar-refractivity contribution in [2.45, 2.75) is 6.04 Å². The summed E-state index contributed by atoms with van der Waals surface area (Å²) in [6.45, 7) is 0. The van der Waals surface area contributed by atoms with Crippen molar-refractivity contribution in [3.8, 4) is 0 Å². The van der Waals surface area contributed by atoms with E-state index in [1.165, 1.54) is 0 Å². The van der Waals surface area contributed by atoms with Crippen LogP contribution in [0.15, 0.2) is 60.7 Å². The summed E-state index contributed by atoms with van der Waals surface area (Å²) < 4.78 is 27.0. The van der Waals surface area contributed by atoms with Gasteiger partial charge in [-0.25, -0.2) is 13.1 Å². The van der Waals surface area contributed by atoms with Crippen molar-refractivity contribution in [1.82, 2.24) is 14.8 Å². The summed E-state index contributed by atoms with van der Waals surface area (Å²) in [6, 6.07) is 16.9. The predicted octanol–water partition coefficient (Wildman–Crippen LogP) is 3.36.